The van der Waals surface area contributed by atoms with E-state index in [1.807, 2.05) is 13.8 Å². The van der Waals surface area contributed by atoms with Crippen LogP contribution in [0, 0.1) is 5.92 Å². The van der Waals surface area contributed by atoms with Gasteiger partial charge in [0.05, 0.1) is 13.2 Å². The minimum absolute atomic E-state index is 0.174. The Hall–Kier alpha value is -1.30. The van der Waals surface area contributed by atoms with E-state index in [1.165, 1.54) is 0 Å². The van der Waals surface area contributed by atoms with Crippen molar-refractivity contribution in [2.24, 2.45) is 5.92 Å². The van der Waals surface area contributed by atoms with Crippen molar-refractivity contribution in [3.63, 3.8) is 0 Å². The topological polar surface area (TPSA) is 84.9 Å². The van der Waals surface area contributed by atoms with Gasteiger partial charge in [-0.1, -0.05) is 13.8 Å². The summed E-state index contributed by atoms with van der Waals surface area (Å²) in [6.45, 7) is 4.96. The van der Waals surface area contributed by atoms with Gasteiger partial charge in [-0.3, -0.25) is 0 Å². The standard InChI is InChI=1S/C12H21NO5/c1-8(2)7-10(11(14)15)13-12(16)18-9-3-5-17-6-4-9/h8-10H,3-7H2,1-2H3,(H,13,16)(H,14,15)/t10-/m0/s1. The van der Waals surface area contributed by atoms with E-state index >= 15 is 0 Å². The fourth-order valence-corrected chi connectivity index (χ4v) is 1.81. The molecule has 0 unspecified atom stereocenters. The molecule has 6 heteroatoms. The Balaban J connectivity index is 2.37. The zero-order valence-corrected chi connectivity index (χ0v) is 10.8. The molecule has 1 rings (SSSR count). The van der Waals surface area contributed by atoms with Crippen LogP contribution in [-0.2, 0) is 14.3 Å². The van der Waals surface area contributed by atoms with Crippen LogP contribution in [0.2, 0.25) is 0 Å². The second kappa shape index (κ2) is 7.20. The maximum absolute atomic E-state index is 11.6. The van der Waals surface area contributed by atoms with Gasteiger partial charge < -0.3 is 19.9 Å². The Labute approximate surface area is 107 Å². The lowest BCUT2D eigenvalue weighted by molar-refractivity contribution is -0.139. The quantitative estimate of drug-likeness (QED) is 0.779. The average Bonchev–Trinajstić information content (AvgIpc) is 2.28. The van der Waals surface area contributed by atoms with Gasteiger partial charge in [-0.2, -0.15) is 0 Å². The van der Waals surface area contributed by atoms with Gasteiger partial charge in [-0.05, 0) is 12.3 Å². The van der Waals surface area contributed by atoms with E-state index in [9.17, 15) is 9.59 Å². The van der Waals surface area contributed by atoms with Gasteiger partial charge in [-0.25, -0.2) is 9.59 Å². The van der Waals surface area contributed by atoms with E-state index in [2.05, 4.69) is 5.32 Å². The third kappa shape index (κ3) is 5.35. The van der Waals surface area contributed by atoms with Gasteiger partial charge in [-0.15, -0.1) is 0 Å². The number of carbonyl (C=O) groups is 2. The van der Waals surface area contributed by atoms with Crippen LogP contribution in [-0.4, -0.2) is 42.5 Å². The first-order valence-corrected chi connectivity index (χ1v) is 6.26. The zero-order chi connectivity index (χ0) is 13.5. The van der Waals surface area contributed by atoms with E-state index < -0.39 is 18.1 Å². The number of carbonyl (C=O) groups excluding carboxylic acids is 1. The zero-order valence-electron chi connectivity index (χ0n) is 10.8. The van der Waals surface area contributed by atoms with E-state index in [0.717, 1.165) is 0 Å². The summed E-state index contributed by atoms with van der Waals surface area (Å²) in [5, 5.41) is 11.4. The number of carboxylic acids is 1. The van der Waals surface area contributed by atoms with Gasteiger partial charge in [0.25, 0.3) is 0 Å². The van der Waals surface area contributed by atoms with Crippen molar-refractivity contribution in [2.75, 3.05) is 13.2 Å². The maximum atomic E-state index is 11.6. The molecular formula is C12H21NO5. The second-order valence-electron chi connectivity index (χ2n) is 4.88. The number of amides is 1. The normalized spacial score (nSPS) is 18.4. The lowest BCUT2D eigenvalue weighted by Gasteiger charge is -2.23. The number of carboxylic acid groups (broad SMARTS) is 1. The number of aliphatic carboxylic acids is 1. The van der Waals surface area contributed by atoms with Gasteiger partial charge in [0, 0.05) is 12.8 Å². The molecule has 1 aliphatic rings. The number of hydrogen-bond acceptors (Lipinski definition) is 4. The van der Waals surface area contributed by atoms with Crippen molar-refractivity contribution in [2.45, 2.75) is 45.3 Å². The first kappa shape index (κ1) is 14.8. The Bertz CT molecular complexity index is 286. The first-order valence-electron chi connectivity index (χ1n) is 6.26. The summed E-state index contributed by atoms with van der Waals surface area (Å²) < 4.78 is 10.3. The summed E-state index contributed by atoms with van der Waals surface area (Å²) in [5.41, 5.74) is 0. The Kier molecular flexibility index (Phi) is 5.91. The highest BCUT2D eigenvalue weighted by molar-refractivity contribution is 5.79. The largest absolute Gasteiger partial charge is 0.480 e. The van der Waals surface area contributed by atoms with E-state index in [-0.39, 0.29) is 12.0 Å². The lowest BCUT2D eigenvalue weighted by Crippen LogP contribution is -2.43. The Morgan fingerprint density at radius 2 is 2.00 bits per heavy atom. The van der Waals surface area contributed by atoms with Crippen molar-refractivity contribution in [3.8, 4) is 0 Å². The molecule has 18 heavy (non-hydrogen) atoms. The summed E-state index contributed by atoms with van der Waals surface area (Å²) in [7, 11) is 0. The van der Waals surface area contributed by atoms with E-state index in [1.54, 1.807) is 0 Å². The molecular weight excluding hydrogens is 238 g/mol. The van der Waals surface area contributed by atoms with Crippen LogP contribution in [0.3, 0.4) is 0 Å². The number of alkyl carbamates (subject to hydrolysis) is 1. The number of rotatable bonds is 5. The predicted octanol–water partition coefficient (Wildman–Crippen LogP) is 1.39. The summed E-state index contributed by atoms with van der Waals surface area (Å²) in [6.07, 6.45) is 0.880. The molecule has 6 nitrogen and oxygen atoms in total. The molecule has 104 valence electrons. The molecule has 1 aliphatic heterocycles. The van der Waals surface area contributed by atoms with Crippen LogP contribution < -0.4 is 5.32 Å². The predicted molar refractivity (Wildman–Crippen MR) is 64.3 cm³/mol. The molecule has 0 radical (unpaired) electrons. The van der Waals surface area contributed by atoms with Gasteiger partial charge in [0.1, 0.15) is 12.1 Å². The summed E-state index contributed by atoms with van der Waals surface area (Å²) in [4.78, 5) is 22.5. The fraction of sp³-hybridized carbons (Fsp3) is 0.833. The molecule has 0 aliphatic carbocycles. The Morgan fingerprint density at radius 3 is 2.50 bits per heavy atom. The van der Waals surface area contributed by atoms with Gasteiger partial charge in [0.2, 0.25) is 0 Å². The highest BCUT2D eigenvalue weighted by Crippen LogP contribution is 2.11. The van der Waals surface area contributed by atoms with Gasteiger partial charge >= 0.3 is 12.1 Å². The first-order chi connectivity index (χ1) is 8.49. The minimum Gasteiger partial charge on any atom is -0.480 e. The molecule has 0 aromatic heterocycles. The van der Waals surface area contributed by atoms with Crippen molar-refractivity contribution >= 4 is 12.1 Å². The van der Waals surface area contributed by atoms with Crippen molar-refractivity contribution < 1.29 is 24.2 Å². The van der Waals surface area contributed by atoms with Crippen LogP contribution >= 0.6 is 0 Å². The van der Waals surface area contributed by atoms with Gasteiger partial charge in [0.15, 0.2) is 0 Å². The highest BCUT2D eigenvalue weighted by atomic mass is 16.6. The maximum Gasteiger partial charge on any atom is 0.408 e. The van der Waals surface area contributed by atoms with Crippen molar-refractivity contribution in [1.29, 1.82) is 0 Å². The molecule has 0 aromatic carbocycles. The van der Waals surface area contributed by atoms with Crippen molar-refractivity contribution in [3.05, 3.63) is 0 Å². The lowest BCUT2D eigenvalue weighted by atomic mass is 10.0. The molecule has 0 aromatic rings. The van der Waals surface area contributed by atoms with E-state index in [0.29, 0.717) is 32.5 Å². The van der Waals surface area contributed by atoms with Crippen LogP contribution in [0.15, 0.2) is 0 Å². The monoisotopic (exact) mass is 259 g/mol. The summed E-state index contributed by atoms with van der Waals surface area (Å²) in [6, 6.07) is -0.891. The molecule has 2 N–H and O–H groups in total. The molecule has 1 fully saturated rings. The van der Waals surface area contributed by atoms with Crippen LogP contribution in [0.1, 0.15) is 33.1 Å². The molecule has 0 bridgehead atoms. The van der Waals surface area contributed by atoms with E-state index in [4.69, 9.17) is 14.6 Å². The smallest absolute Gasteiger partial charge is 0.408 e. The third-order valence-corrected chi connectivity index (χ3v) is 2.74. The second-order valence-corrected chi connectivity index (χ2v) is 4.88. The molecule has 0 spiro atoms. The summed E-state index contributed by atoms with van der Waals surface area (Å²) >= 11 is 0. The highest BCUT2D eigenvalue weighted by Gasteiger charge is 2.24. The number of hydrogen-bond donors (Lipinski definition) is 2. The average molecular weight is 259 g/mol. The SMILES string of the molecule is CC(C)C[C@H](NC(=O)OC1CCOCC1)C(=O)O. The van der Waals surface area contributed by atoms with Crippen LogP contribution in [0.5, 0.6) is 0 Å². The number of nitrogens with one attached hydrogen (secondary N) is 1. The third-order valence-electron chi connectivity index (χ3n) is 2.74. The molecule has 1 saturated heterocycles. The van der Waals surface area contributed by atoms with Crippen molar-refractivity contribution in [1.82, 2.24) is 5.32 Å². The molecule has 1 atom stereocenters. The Morgan fingerprint density at radius 1 is 1.39 bits per heavy atom. The molecule has 1 heterocycles. The summed E-state index contributed by atoms with van der Waals surface area (Å²) in [5.74, 6) is -0.845. The molecule has 0 saturated carbocycles. The molecule has 1 amide bonds. The van der Waals surface area contributed by atoms with Crippen LogP contribution in [0.25, 0.3) is 0 Å². The minimum atomic E-state index is -1.03. The fourth-order valence-electron chi connectivity index (χ4n) is 1.81. The van der Waals surface area contributed by atoms with Crippen LogP contribution in [0.4, 0.5) is 4.79 Å². The number of ether oxygens (including phenoxy) is 2.